The minimum absolute atomic E-state index is 0.0612. The molecular weight excluding hydrogens is 246 g/mol. The highest BCUT2D eigenvalue weighted by Crippen LogP contribution is 2.25. The van der Waals surface area contributed by atoms with E-state index in [-0.39, 0.29) is 6.61 Å². The zero-order valence-corrected chi connectivity index (χ0v) is 11.1. The van der Waals surface area contributed by atoms with Gasteiger partial charge in [0.05, 0.1) is 18.9 Å². The molecule has 0 spiro atoms. The number of carbonyl (C=O) groups excluding carboxylic acids is 1. The van der Waals surface area contributed by atoms with Crippen LogP contribution in [-0.2, 0) is 9.53 Å². The van der Waals surface area contributed by atoms with Gasteiger partial charge in [-0.3, -0.25) is 4.79 Å². The Labute approximate surface area is 113 Å². The first-order valence-electron chi connectivity index (χ1n) is 6.25. The van der Waals surface area contributed by atoms with Crippen molar-refractivity contribution in [3.05, 3.63) is 18.2 Å². The molecule has 0 atom stereocenters. The fraction of sp³-hybridized carbons (Fsp3) is 0.462. The van der Waals surface area contributed by atoms with Crippen molar-refractivity contribution in [3.8, 4) is 5.75 Å². The van der Waals surface area contributed by atoms with Gasteiger partial charge in [-0.05, 0) is 18.6 Å². The van der Waals surface area contributed by atoms with Crippen LogP contribution >= 0.6 is 0 Å². The van der Waals surface area contributed by atoms with Crippen molar-refractivity contribution in [1.29, 1.82) is 0 Å². The maximum absolute atomic E-state index is 10.5. The molecule has 1 aromatic rings. The first kappa shape index (κ1) is 15.1. The Morgan fingerprint density at radius 1 is 1.37 bits per heavy atom. The van der Waals surface area contributed by atoms with Crippen LogP contribution in [0, 0.1) is 0 Å². The lowest BCUT2D eigenvalue weighted by Crippen LogP contribution is -2.20. The highest BCUT2D eigenvalue weighted by molar-refractivity contribution is 5.74. The Balaban J connectivity index is 2.39. The first-order valence-corrected chi connectivity index (χ1v) is 6.25. The number of primary amides is 1. The van der Waals surface area contributed by atoms with E-state index < -0.39 is 5.91 Å². The van der Waals surface area contributed by atoms with Crippen LogP contribution < -0.4 is 21.5 Å². The third-order valence-corrected chi connectivity index (χ3v) is 2.30. The quantitative estimate of drug-likeness (QED) is 0.457. The largest absolute Gasteiger partial charge is 0.491 e. The standard InChI is InChI=1S/C13H21N3O3/c1-2-6-19-12-8-10(3-4-11(12)14)16-5-7-18-9-13(15)17/h3-4,8,16H,2,5-7,9,14H2,1H3,(H2,15,17). The second-order valence-electron chi connectivity index (χ2n) is 4.05. The lowest BCUT2D eigenvalue weighted by Gasteiger charge is -2.11. The summed E-state index contributed by atoms with van der Waals surface area (Å²) in [5.74, 6) is 0.202. The van der Waals surface area contributed by atoms with Crippen LogP contribution in [0.1, 0.15) is 13.3 Å². The van der Waals surface area contributed by atoms with Gasteiger partial charge in [0.1, 0.15) is 12.4 Å². The van der Waals surface area contributed by atoms with Crippen molar-refractivity contribution in [2.45, 2.75) is 13.3 Å². The van der Waals surface area contributed by atoms with E-state index in [1.54, 1.807) is 6.07 Å². The highest BCUT2D eigenvalue weighted by atomic mass is 16.5. The molecule has 5 N–H and O–H groups in total. The van der Waals surface area contributed by atoms with Gasteiger partial charge in [-0.15, -0.1) is 0 Å². The van der Waals surface area contributed by atoms with Gasteiger partial charge in [0, 0.05) is 18.3 Å². The highest BCUT2D eigenvalue weighted by Gasteiger charge is 2.02. The number of benzene rings is 1. The van der Waals surface area contributed by atoms with Crippen LogP contribution in [0.4, 0.5) is 11.4 Å². The van der Waals surface area contributed by atoms with Crippen molar-refractivity contribution in [2.24, 2.45) is 5.73 Å². The third-order valence-electron chi connectivity index (χ3n) is 2.30. The maximum Gasteiger partial charge on any atom is 0.243 e. The van der Waals surface area contributed by atoms with Gasteiger partial charge in [-0.2, -0.15) is 0 Å². The van der Waals surface area contributed by atoms with Crippen molar-refractivity contribution in [1.82, 2.24) is 0 Å². The Morgan fingerprint density at radius 2 is 2.16 bits per heavy atom. The van der Waals surface area contributed by atoms with E-state index in [0.717, 1.165) is 12.1 Å². The van der Waals surface area contributed by atoms with Gasteiger partial charge in [0.2, 0.25) is 5.91 Å². The Kier molecular flexibility index (Phi) is 6.52. The molecule has 0 bridgehead atoms. The number of amides is 1. The molecule has 0 aliphatic heterocycles. The number of nitrogen functional groups attached to an aromatic ring is 1. The summed E-state index contributed by atoms with van der Waals surface area (Å²) in [4.78, 5) is 10.5. The predicted octanol–water partition coefficient (Wildman–Crippen LogP) is 0.971. The summed E-state index contributed by atoms with van der Waals surface area (Å²) < 4.78 is 10.6. The zero-order chi connectivity index (χ0) is 14.1. The molecule has 1 aromatic carbocycles. The lowest BCUT2D eigenvalue weighted by molar-refractivity contribution is -0.122. The molecule has 0 radical (unpaired) electrons. The van der Waals surface area contributed by atoms with Gasteiger partial charge >= 0.3 is 0 Å². The van der Waals surface area contributed by atoms with Gasteiger partial charge in [-0.25, -0.2) is 0 Å². The van der Waals surface area contributed by atoms with Gasteiger partial charge < -0.3 is 26.3 Å². The molecule has 0 saturated carbocycles. The van der Waals surface area contributed by atoms with Crippen LogP contribution in [-0.4, -0.2) is 32.3 Å². The topological polar surface area (TPSA) is 99.6 Å². The molecule has 0 aromatic heterocycles. The average Bonchev–Trinajstić information content (AvgIpc) is 2.38. The van der Waals surface area contributed by atoms with E-state index in [1.165, 1.54) is 0 Å². The fourth-order valence-corrected chi connectivity index (χ4v) is 1.42. The van der Waals surface area contributed by atoms with Gasteiger partial charge in [0.25, 0.3) is 0 Å². The molecule has 6 heteroatoms. The van der Waals surface area contributed by atoms with E-state index in [2.05, 4.69) is 5.32 Å². The summed E-state index contributed by atoms with van der Waals surface area (Å²) in [5.41, 5.74) is 12.3. The molecule has 6 nitrogen and oxygen atoms in total. The summed E-state index contributed by atoms with van der Waals surface area (Å²) in [6.45, 7) is 3.58. The molecule has 0 fully saturated rings. The molecule has 0 unspecified atom stereocenters. The molecule has 106 valence electrons. The summed E-state index contributed by atoms with van der Waals surface area (Å²) in [6, 6.07) is 5.50. The maximum atomic E-state index is 10.5. The van der Waals surface area contributed by atoms with Gasteiger partial charge in [-0.1, -0.05) is 6.92 Å². The summed E-state index contributed by atoms with van der Waals surface area (Å²) in [6.07, 6.45) is 0.929. The number of hydrogen-bond donors (Lipinski definition) is 3. The van der Waals surface area contributed by atoms with E-state index >= 15 is 0 Å². The molecular formula is C13H21N3O3. The number of hydrogen-bond acceptors (Lipinski definition) is 5. The summed E-state index contributed by atoms with van der Waals surface area (Å²) in [7, 11) is 0. The third kappa shape index (κ3) is 5.96. The molecule has 1 amide bonds. The molecule has 1 rings (SSSR count). The van der Waals surface area contributed by atoms with Crippen LogP contribution in [0.2, 0.25) is 0 Å². The number of nitrogens with two attached hydrogens (primary N) is 2. The normalized spacial score (nSPS) is 10.2. The van der Waals surface area contributed by atoms with Crippen LogP contribution in [0.15, 0.2) is 18.2 Å². The SMILES string of the molecule is CCCOc1cc(NCCOCC(N)=O)ccc1N. The molecule has 19 heavy (non-hydrogen) atoms. The van der Waals surface area contributed by atoms with E-state index in [1.807, 2.05) is 19.1 Å². The molecule has 0 heterocycles. The summed E-state index contributed by atoms with van der Waals surface area (Å²) in [5, 5.41) is 3.15. The first-order chi connectivity index (χ1) is 9.13. The molecule has 0 aliphatic carbocycles. The predicted molar refractivity (Wildman–Crippen MR) is 75.1 cm³/mol. The zero-order valence-electron chi connectivity index (χ0n) is 11.1. The molecule has 0 saturated heterocycles. The number of rotatable bonds is 9. The fourth-order valence-electron chi connectivity index (χ4n) is 1.42. The number of anilines is 2. The van der Waals surface area contributed by atoms with Crippen molar-refractivity contribution in [2.75, 3.05) is 37.4 Å². The average molecular weight is 267 g/mol. The van der Waals surface area contributed by atoms with Crippen molar-refractivity contribution < 1.29 is 14.3 Å². The Hall–Kier alpha value is -1.95. The van der Waals surface area contributed by atoms with Gasteiger partial charge in [0.15, 0.2) is 0 Å². The minimum Gasteiger partial charge on any atom is -0.491 e. The second kappa shape index (κ2) is 8.20. The van der Waals surface area contributed by atoms with Crippen LogP contribution in [0.5, 0.6) is 5.75 Å². The smallest absolute Gasteiger partial charge is 0.243 e. The van der Waals surface area contributed by atoms with E-state index in [9.17, 15) is 4.79 Å². The van der Waals surface area contributed by atoms with Crippen molar-refractivity contribution >= 4 is 17.3 Å². The second-order valence-corrected chi connectivity index (χ2v) is 4.05. The Morgan fingerprint density at radius 3 is 2.84 bits per heavy atom. The number of carbonyl (C=O) groups is 1. The number of ether oxygens (including phenoxy) is 2. The Bertz CT molecular complexity index is 410. The lowest BCUT2D eigenvalue weighted by atomic mass is 10.2. The van der Waals surface area contributed by atoms with Crippen LogP contribution in [0.25, 0.3) is 0 Å². The summed E-state index contributed by atoms with van der Waals surface area (Å²) >= 11 is 0. The van der Waals surface area contributed by atoms with Crippen LogP contribution in [0.3, 0.4) is 0 Å². The van der Waals surface area contributed by atoms with Crippen molar-refractivity contribution in [3.63, 3.8) is 0 Å². The minimum atomic E-state index is -0.470. The van der Waals surface area contributed by atoms with E-state index in [0.29, 0.717) is 31.2 Å². The van der Waals surface area contributed by atoms with E-state index in [4.69, 9.17) is 20.9 Å². The number of nitrogens with one attached hydrogen (secondary N) is 1. The monoisotopic (exact) mass is 267 g/mol. The molecule has 0 aliphatic rings.